The number of unbranched alkanes of at least 4 members (excludes halogenated alkanes) is 1. The highest BCUT2D eigenvalue weighted by Crippen LogP contribution is 2.31. The molecule has 1 unspecified atom stereocenters. The van der Waals surface area contributed by atoms with E-state index in [0.29, 0.717) is 29.9 Å². The van der Waals surface area contributed by atoms with Gasteiger partial charge in [-0.3, -0.25) is 14.2 Å². The highest BCUT2D eigenvalue weighted by molar-refractivity contribution is 5.80. The average Bonchev–Trinajstić information content (AvgIpc) is 3.40. The lowest BCUT2D eigenvalue weighted by Gasteiger charge is -2.32. The minimum atomic E-state index is -0.330. The van der Waals surface area contributed by atoms with Crippen LogP contribution in [0.4, 0.5) is 0 Å². The third-order valence-corrected chi connectivity index (χ3v) is 6.79. The van der Waals surface area contributed by atoms with Crippen LogP contribution in [-0.4, -0.2) is 33.5 Å². The van der Waals surface area contributed by atoms with Crippen LogP contribution in [0, 0.1) is 5.92 Å². The van der Waals surface area contributed by atoms with Gasteiger partial charge in [0.25, 0.3) is 5.56 Å². The van der Waals surface area contributed by atoms with Gasteiger partial charge in [0.15, 0.2) is 0 Å². The van der Waals surface area contributed by atoms with Crippen molar-refractivity contribution in [3.63, 3.8) is 0 Å². The molecule has 6 nitrogen and oxygen atoms in total. The summed E-state index contributed by atoms with van der Waals surface area (Å²) in [6.45, 7) is 7.32. The van der Waals surface area contributed by atoms with Crippen LogP contribution in [0.1, 0.15) is 71.2 Å². The fourth-order valence-electron chi connectivity index (χ4n) is 4.91. The van der Waals surface area contributed by atoms with Crippen molar-refractivity contribution in [1.82, 2.24) is 14.5 Å². The van der Waals surface area contributed by atoms with E-state index in [1.54, 1.807) is 4.57 Å². The fourth-order valence-corrected chi connectivity index (χ4v) is 4.91. The predicted octanol–water partition coefficient (Wildman–Crippen LogP) is 5.66. The maximum atomic E-state index is 13.7. The first-order valence-electron chi connectivity index (χ1n) is 12.6. The van der Waals surface area contributed by atoms with Crippen LogP contribution in [0.2, 0.25) is 0 Å². The lowest BCUT2D eigenvalue weighted by Crippen LogP contribution is -2.40. The largest absolute Gasteiger partial charge is 0.494 e. The van der Waals surface area contributed by atoms with Crippen molar-refractivity contribution in [3.8, 4) is 11.4 Å². The number of para-hydroxylation sites is 1. The van der Waals surface area contributed by atoms with Gasteiger partial charge in [0.05, 0.1) is 29.2 Å². The molecule has 1 aliphatic carbocycles. The second-order valence-electron chi connectivity index (χ2n) is 9.10. The number of benzene rings is 2. The van der Waals surface area contributed by atoms with Gasteiger partial charge in [-0.05, 0) is 69.5 Å². The molecule has 1 atom stereocenters. The maximum Gasteiger partial charge on any atom is 0.266 e. The summed E-state index contributed by atoms with van der Waals surface area (Å²) in [6.07, 6.45) is 6.03. The number of rotatable bonds is 9. The Morgan fingerprint density at radius 2 is 1.82 bits per heavy atom. The Balaban J connectivity index is 1.84. The lowest BCUT2D eigenvalue weighted by molar-refractivity contribution is -0.137. The molecule has 0 N–H and O–H groups in total. The molecule has 4 rings (SSSR count). The van der Waals surface area contributed by atoms with Crippen LogP contribution in [0.3, 0.4) is 0 Å². The Bertz CT molecular complexity index is 1180. The Labute approximate surface area is 201 Å². The number of fused-ring (bicyclic) bond motifs is 1. The normalized spacial score (nSPS) is 14.9. The van der Waals surface area contributed by atoms with E-state index in [1.165, 1.54) is 0 Å². The summed E-state index contributed by atoms with van der Waals surface area (Å²) in [5.74, 6) is 1.61. The average molecular weight is 462 g/mol. The smallest absolute Gasteiger partial charge is 0.266 e. The molecule has 0 radical (unpaired) electrons. The standard InChI is InChI=1S/C28H35N3O3/c1-4-6-19-30(27(32)21-11-7-8-12-21)20(3)26-29-25-14-10-9-13-24(25)28(33)31(26)22-15-17-23(18-16-22)34-5-2/h9-10,13-18,20-21H,4-8,11-12,19H2,1-3H3. The number of carbonyl (C=O) groups is 1. The SMILES string of the molecule is CCCCN(C(=O)C1CCCC1)C(C)c1nc2ccccc2c(=O)n1-c1ccc(OCC)cc1. The first-order valence-corrected chi connectivity index (χ1v) is 12.6. The van der Waals surface area contributed by atoms with E-state index < -0.39 is 0 Å². The molecule has 0 saturated heterocycles. The van der Waals surface area contributed by atoms with E-state index >= 15 is 0 Å². The topological polar surface area (TPSA) is 64.4 Å². The summed E-state index contributed by atoms with van der Waals surface area (Å²) in [5.41, 5.74) is 1.25. The van der Waals surface area contributed by atoms with Crippen LogP contribution < -0.4 is 10.3 Å². The first-order chi connectivity index (χ1) is 16.5. The molecular weight excluding hydrogens is 426 g/mol. The summed E-state index contributed by atoms with van der Waals surface area (Å²) in [6, 6.07) is 14.6. The van der Waals surface area contributed by atoms with Crippen molar-refractivity contribution in [2.75, 3.05) is 13.2 Å². The molecule has 3 aromatic rings. The van der Waals surface area contributed by atoms with Crippen LogP contribution >= 0.6 is 0 Å². The van der Waals surface area contributed by atoms with Gasteiger partial charge in [-0.2, -0.15) is 0 Å². The Hall–Kier alpha value is -3.15. The van der Waals surface area contributed by atoms with E-state index in [2.05, 4.69) is 6.92 Å². The molecule has 34 heavy (non-hydrogen) atoms. The fraction of sp³-hybridized carbons (Fsp3) is 0.464. The minimum absolute atomic E-state index is 0.0745. The molecule has 6 heteroatoms. The van der Waals surface area contributed by atoms with Gasteiger partial charge in [-0.25, -0.2) is 4.98 Å². The summed E-state index contributed by atoms with van der Waals surface area (Å²) in [4.78, 5) is 34.2. The van der Waals surface area contributed by atoms with Crippen molar-refractivity contribution >= 4 is 16.8 Å². The van der Waals surface area contributed by atoms with E-state index in [4.69, 9.17) is 9.72 Å². The molecule has 180 valence electrons. The van der Waals surface area contributed by atoms with Gasteiger partial charge in [0, 0.05) is 12.5 Å². The van der Waals surface area contributed by atoms with Gasteiger partial charge in [0.2, 0.25) is 5.91 Å². The summed E-state index contributed by atoms with van der Waals surface area (Å²) in [5, 5.41) is 0.564. The van der Waals surface area contributed by atoms with Gasteiger partial charge in [-0.15, -0.1) is 0 Å². The highest BCUT2D eigenvalue weighted by atomic mass is 16.5. The number of nitrogens with zero attached hydrogens (tertiary/aromatic N) is 3. The number of hydrogen-bond acceptors (Lipinski definition) is 4. The van der Waals surface area contributed by atoms with Crippen LogP contribution in [0.25, 0.3) is 16.6 Å². The molecule has 0 spiro atoms. The number of ether oxygens (including phenoxy) is 1. The summed E-state index contributed by atoms with van der Waals surface area (Å²) < 4.78 is 7.26. The molecule has 1 aliphatic rings. The molecule has 1 aromatic heterocycles. The van der Waals surface area contributed by atoms with Gasteiger partial charge in [-0.1, -0.05) is 38.3 Å². The van der Waals surface area contributed by atoms with Crippen molar-refractivity contribution < 1.29 is 9.53 Å². The molecule has 0 aliphatic heterocycles. The number of aromatic nitrogens is 2. The van der Waals surface area contributed by atoms with Gasteiger partial charge < -0.3 is 9.64 Å². The second-order valence-corrected chi connectivity index (χ2v) is 9.10. The first kappa shape index (κ1) is 24.0. The van der Waals surface area contributed by atoms with E-state index in [0.717, 1.165) is 50.0 Å². The predicted molar refractivity (Wildman–Crippen MR) is 136 cm³/mol. The number of hydrogen-bond donors (Lipinski definition) is 0. The quantitative estimate of drug-likeness (QED) is 0.412. The number of carbonyl (C=O) groups excluding carboxylic acids is 1. The van der Waals surface area contributed by atoms with Crippen LogP contribution in [0.15, 0.2) is 53.3 Å². The third kappa shape index (κ3) is 4.86. The molecule has 1 amide bonds. The molecule has 0 bridgehead atoms. The zero-order valence-electron chi connectivity index (χ0n) is 20.5. The van der Waals surface area contributed by atoms with Crippen molar-refractivity contribution in [1.29, 1.82) is 0 Å². The summed E-state index contributed by atoms with van der Waals surface area (Å²) in [7, 11) is 0. The zero-order chi connectivity index (χ0) is 24.1. The third-order valence-electron chi connectivity index (χ3n) is 6.79. The Kier molecular flexibility index (Phi) is 7.66. The van der Waals surface area contributed by atoms with E-state index in [-0.39, 0.29) is 23.4 Å². The molecular formula is C28H35N3O3. The Morgan fingerprint density at radius 3 is 2.50 bits per heavy atom. The maximum absolute atomic E-state index is 13.7. The van der Waals surface area contributed by atoms with Crippen molar-refractivity contribution in [2.45, 2.75) is 65.3 Å². The molecule has 2 aromatic carbocycles. The second kappa shape index (κ2) is 10.9. The van der Waals surface area contributed by atoms with E-state index in [1.807, 2.05) is 67.3 Å². The van der Waals surface area contributed by atoms with Crippen LogP contribution in [-0.2, 0) is 4.79 Å². The minimum Gasteiger partial charge on any atom is -0.494 e. The highest BCUT2D eigenvalue weighted by Gasteiger charge is 2.32. The van der Waals surface area contributed by atoms with Crippen molar-refractivity contribution in [2.24, 2.45) is 5.92 Å². The lowest BCUT2D eigenvalue weighted by atomic mass is 10.0. The Morgan fingerprint density at radius 1 is 1.12 bits per heavy atom. The zero-order valence-corrected chi connectivity index (χ0v) is 20.5. The van der Waals surface area contributed by atoms with E-state index in [9.17, 15) is 9.59 Å². The van der Waals surface area contributed by atoms with Gasteiger partial charge >= 0.3 is 0 Å². The summed E-state index contributed by atoms with van der Waals surface area (Å²) >= 11 is 0. The molecule has 1 heterocycles. The van der Waals surface area contributed by atoms with Gasteiger partial charge in [0.1, 0.15) is 11.6 Å². The molecule has 1 saturated carbocycles. The molecule has 1 fully saturated rings. The van der Waals surface area contributed by atoms with Crippen molar-refractivity contribution in [3.05, 3.63) is 64.7 Å². The number of amides is 1. The monoisotopic (exact) mass is 461 g/mol. The van der Waals surface area contributed by atoms with Crippen LogP contribution in [0.5, 0.6) is 5.75 Å².